The molecule has 0 saturated carbocycles. The minimum atomic E-state index is -0.653. The molecule has 3 rings (SSSR count). The lowest BCUT2D eigenvalue weighted by Crippen LogP contribution is -2.61. The quantitative estimate of drug-likeness (QED) is 0.644. The third-order valence-electron chi connectivity index (χ3n) is 5.95. The summed E-state index contributed by atoms with van der Waals surface area (Å²) in [5.41, 5.74) is 6.01. The summed E-state index contributed by atoms with van der Waals surface area (Å²) >= 11 is 0. The van der Waals surface area contributed by atoms with Gasteiger partial charge in [-0.15, -0.1) is 0 Å². The van der Waals surface area contributed by atoms with Crippen LogP contribution in [0.3, 0.4) is 0 Å². The van der Waals surface area contributed by atoms with E-state index in [1.807, 2.05) is 56.4 Å². The fourth-order valence-electron chi connectivity index (χ4n) is 3.87. The Morgan fingerprint density at radius 3 is 2.39 bits per heavy atom. The molecule has 0 radical (unpaired) electrons. The van der Waals surface area contributed by atoms with Crippen LogP contribution in [0.1, 0.15) is 41.7 Å². The monoisotopic (exact) mass is 425 g/mol. The lowest BCUT2D eigenvalue weighted by atomic mass is 9.86. The molecule has 1 atom stereocenters. The second kappa shape index (κ2) is 10.4. The van der Waals surface area contributed by atoms with Crippen molar-refractivity contribution in [1.29, 1.82) is 0 Å². The number of nitrogens with zero attached hydrogens (tertiary/aromatic N) is 1. The van der Waals surface area contributed by atoms with Crippen molar-refractivity contribution in [3.8, 4) is 5.75 Å². The summed E-state index contributed by atoms with van der Waals surface area (Å²) in [4.78, 5) is 26.8. The fraction of sp³-hybridized carbons (Fsp3) is 0.417. The normalized spacial score (nSPS) is 16.5. The molecule has 1 aliphatic rings. The number of amides is 2. The Morgan fingerprint density at radius 1 is 1.13 bits per heavy atom. The number of ether oxygens (including phenoxy) is 2. The van der Waals surface area contributed by atoms with Gasteiger partial charge in [-0.1, -0.05) is 30.3 Å². The highest BCUT2D eigenvalue weighted by Crippen LogP contribution is 2.28. The maximum Gasteiger partial charge on any atom is 0.248 e. The van der Waals surface area contributed by atoms with E-state index in [2.05, 4.69) is 10.2 Å². The van der Waals surface area contributed by atoms with Crippen LogP contribution in [0.4, 0.5) is 0 Å². The molecule has 0 spiro atoms. The number of hydrogen-bond acceptors (Lipinski definition) is 5. The molecule has 3 N–H and O–H groups in total. The summed E-state index contributed by atoms with van der Waals surface area (Å²) in [5, 5.41) is 3.15. The number of para-hydroxylation sites is 1. The van der Waals surface area contributed by atoms with E-state index in [4.69, 9.17) is 15.2 Å². The Kier molecular flexibility index (Phi) is 7.65. The summed E-state index contributed by atoms with van der Waals surface area (Å²) in [5.74, 6) is 0.322. The van der Waals surface area contributed by atoms with Crippen LogP contribution in [-0.2, 0) is 9.53 Å². The van der Waals surface area contributed by atoms with Crippen molar-refractivity contribution >= 4 is 11.8 Å². The topological polar surface area (TPSA) is 93.9 Å². The van der Waals surface area contributed by atoms with Crippen molar-refractivity contribution in [2.24, 2.45) is 5.73 Å². The second-order valence-electron chi connectivity index (χ2n) is 7.91. The minimum Gasteiger partial charge on any atom is -0.492 e. The van der Waals surface area contributed by atoms with Crippen molar-refractivity contribution < 1.29 is 19.1 Å². The Hall–Kier alpha value is -2.90. The first-order valence-corrected chi connectivity index (χ1v) is 10.6. The molecule has 2 amide bonds. The lowest BCUT2D eigenvalue weighted by molar-refractivity contribution is -0.140. The minimum absolute atomic E-state index is 0.0236. The van der Waals surface area contributed by atoms with Crippen LogP contribution in [0.15, 0.2) is 54.6 Å². The number of nitrogens with two attached hydrogens (primary N) is 1. The smallest absolute Gasteiger partial charge is 0.248 e. The van der Waals surface area contributed by atoms with E-state index in [1.165, 1.54) is 0 Å². The van der Waals surface area contributed by atoms with Crippen molar-refractivity contribution in [1.82, 2.24) is 10.2 Å². The second-order valence-corrected chi connectivity index (χ2v) is 7.91. The summed E-state index contributed by atoms with van der Waals surface area (Å²) in [6.45, 7) is 4.12. The van der Waals surface area contributed by atoms with Gasteiger partial charge >= 0.3 is 0 Å². The summed E-state index contributed by atoms with van der Waals surface area (Å²) in [6.07, 6.45) is 1.24. The highest BCUT2D eigenvalue weighted by atomic mass is 16.5. The molecule has 0 aliphatic carbocycles. The first-order chi connectivity index (χ1) is 14.9. The zero-order valence-corrected chi connectivity index (χ0v) is 18.2. The largest absolute Gasteiger partial charge is 0.492 e. The standard InChI is InChI=1S/C24H31N3O4/c1-18(19-8-10-20(11-9-19)22(25)28)26-23(29)24(12-15-30-16-13-24)27(2)14-17-31-21-6-4-3-5-7-21/h3-11,18H,12-17H2,1-2H3,(H2,25,28)(H,26,29). The molecule has 1 fully saturated rings. The Balaban J connectivity index is 1.65. The van der Waals surface area contributed by atoms with Gasteiger partial charge in [0, 0.05) is 25.3 Å². The van der Waals surface area contributed by atoms with Crippen molar-refractivity contribution in [3.63, 3.8) is 0 Å². The van der Waals surface area contributed by atoms with Gasteiger partial charge in [-0.3, -0.25) is 14.5 Å². The van der Waals surface area contributed by atoms with Crippen LogP contribution in [0.5, 0.6) is 5.75 Å². The molecule has 0 aromatic heterocycles. The average Bonchev–Trinajstić information content (AvgIpc) is 2.80. The highest BCUT2D eigenvalue weighted by Gasteiger charge is 2.43. The SMILES string of the molecule is CC(NC(=O)C1(N(C)CCOc2ccccc2)CCOCC1)c1ccc(C(N)=O)cc1. The third kappa shape index (κ3) is 5.62. The molecule has 166 valence electrons. The molecule has 1 heterocycles. The number of likely N-dealkylation sites (N-methyl/N-ethyl adjacent to an activating group) is 1. The third-order valence-corrected chi connectivity index (χ3v) is 5.95. The number of rotatable bonds is 9. The van der Waals surface area contributed by atoms with Crippen LogP contribution in [0.25, 0.3) is 0 Å². The van der Waals surface area contributed by atoms with Crippen LogP contribution < -0.4 is 15.8 Å². The van der Waals surface area contributed by atoms with E-state index in [0.717, 1.165) is 11.3 Å². The number of carbonyl (C=O) groups is 2. The molecule has 2 aromatic carbocycles. The predicted molar refractivity (Wildman–Crippen MR) is 119 cm³/mol. The lowest BCUT2D eigenvalue weighted by Gasteiger charge is -2.43. The molecule has 31 heavy (non-hydrogen) atoms. The molecule has 7 heteroatoms. The number of primary amides is 1. The van der Waals surface area contributed by atoms with Gasteiger partial charge in [0.1, 0.15) is 17.9 Å². The van der Waals surface area contributed by atoms with Crippen LogP contribution in [-0.4, -0.2) is 55.7 Å². The van der Waals surface area contributed by atoms with Crippen molar-refractivity contribution in [3.05, 3.63) is 65.7 Å². The number of nitrogens with one attached hydrogen (secondary N) is 1. The van der Waals surface area contributed by atoms with E-state index in [-0.39, 0.29) is 11.9 Å². The van der Waals surface area contributed by atoms with E-state index in [0.29, 0.717) is 44.8 Å². The van der Waals surface area contributed by atoms with Gasteiger partial charge < -0.3 is 20.5 Å². The van der Waals surface area contributed by atoms with Crippen molar-refractivity contribution in [2.75, 3.05) is 33.4 Å². The summed E-state index contributed by atoms with van der Waals surface area (Å²) < 4.78 is 11.4. The molecular formula is C24H31N3O4. The number of benzene rings is 2. The molecular weight excluding hydrogens is 394 g/mol. The van der Waals surface area contributed by atoms with E-state index in [9.17, 15) is 9.59 Å². The van der Waals surface area contributed by atoms with Crippen LogP contribution >= 0.6 is 0 Å². The van der Waals surface area contributed by atoms with Gasteiger partial charge in [0.05, 0.1) is 6.04 Å². The zero-order chi connectivity index (χ0) is 22.3. The zero-order valence-electron chi connectivity index (χ0n) is 18.2. The van der Waals surface area contributed by atoms with E-state index >= 15 is 0 Å². The maximum absolute atomic E-state index is 13.4. The highest BCUT2D eigenvalue weighted by molar-refractivity contribution is 5.92. The predicted octanol–water partition coefficient (Wildman–Crippen LogP) is 2.52. The van der Waals surface area contributed by atoms with E-state index < -0.39 is 11.4 Å². The first-order valence-electron chi connectivity index (χ1n) is 10.6. The van der Waals surface area contributed by atoms with Crippen LogP contribution in [0.2, 0.25) is 0 Å². The molecule has 1 saturated heterocycles. The number of carbonyl (C=O) groups excluding carboxylic acids is 2. The van der Waals surface area contributed by atoms with Crippen LogP contribution in [0, 0.1) is 0 Å². The molecule has 1 unspecified atom stereocenters. The Morgan fingerprint density at radius 2 is 1.77 bits per heavy atom. The van der Waals surface area contributed by atoms with Gasteiger partial charge in [0.15, 0.2) is 0 Å². The Bertz CT molecular complexity index is 864. The average molecular weight is 426 g/mol. The molecule has 7 nitrogen and oxygen atoms in total. The molecule has 0 bridgehead atoms. The van der Waals surface area contributed by atoms with Gasteiger partial charge in [-0.05, 0) is 56.6 Å². The Labute approximate surface area is 183 Å². The van der Waals surface area contributed by atoms with Crippen molar-refractivity contribution in [2.45, 2.75) is 31.3 Å². The van der Waals surface area contributed by atoms with Gasteiger partial charge in [0.25, 0.3) is 0 Å². The van der Waals surface area contributed by atoms with Gasteiger partial charge in [-0.25, -0.2) is 0 Å². The van der Waals surface area contributed by atoms with E-state index in [1.54, 1.807) is 12.1 Å². The summed E-state index contributed by atoms with van der Waals surface area (Å²) in [7, 11) is 1.96. The molecule has 2 aromatic rings. The maximum atomic E-state index is 13.4. The van der Waals surface area contributed by atoms with Gasteiger partial charge in [-0.2, -0.15) is 0 Å². The first kappa shape index (κ1) is 22.8. The fourth-order valence-corrected chi connectivity index (χ4v) is 3.87. The number of hydrogen-bond donors (Lipinski definition) is 2. The van der Waals surface area contributed by atoms with Gasteiger partial charge in [0.2, 0.25) is 11.8 Å². The summed E-state index contributed by atoms with van der Waals surface area (Å²) in [6, 6.07) is 16.4. The molecule has 1 aliphatic heterocycles.